The normalized spacial score (nSPS) is 31.0. The fourth-order valence-electron chi connectivity index (χ4n) is 5.33. The molecule has 2 N–H and O–H groups in total. The van der Waals surface area contributed by atoms with Crippen molar-refractivity contribution in [3.63, 3.8) is 0 Å². The van der Waals surface area contributed by atoms with E-state index in [9.17, 15) is 0 Å². The van der Waals surface area contributed by atoms with Gasteiger partial charge in [0.25, 0.3) is 0 Å². The van der Waals surface area contributed by atoms with Gasteiger partial charge in [0.05, 0.1) is 0 Å². The van der Waals surface area contributed by atoms with E-state index < -0.39 is 0 Å². The Morgan fingerprint density at radius 2 is 1.96 bits per heavy atom. The summed E-state index contributed by atoms with van der Waals surface area (Å²) in [6.45, 7) is 8.18. The number of thioether (sulfide) groups is 1. The van der Waals surface area contributed by atoms with Crippen molar-refractivity contribution in [3.05, 3.63) is 40.9 Å². The van der Waals surface area contributed by atoms with Crippen molar-refractivity contribution < 1.29 is 0 Å². The standard InChI is InChI=1S/C21H30N4S/c1-16-14-26-20-22-10-6-17(7-11-25(16)20)24-12-8-21(9-13-24)15-23-19-5-3-2-4-18(19)21/h2-5,14,17,20,22-23H,6-13,15H2,1H3. The van der Waals surface area contributed by atoms with Gasteiger partial charge in [0.1, 0.15) is 5.50 Å². The predicted molar refractivity (Wildman–Crippen MR) is 110 cm³/mol. The summed E-state index contributed by atoms with van der Waals surface area (Å²) in [5.41, 5.74) is 5.22. The van der Waals surface area contributed by atoms with Crippen LogP contribution in [0.5, 0.6) is 0 Å². The minimum Gasteiger partial charge on any atom is -0.384 e. The molecule has 1 aromatic rings. The molecule has 0 bridgehead atoms. The van der Waals surface area contributed by atoms with Gasteiger partial charge < -0.3 is 15.1 Å². The number of anilines is 1. The number of fused-ring (bicyclic) bond motifs is 3. The molecular formula is C21H30N4S. The molecule has 2 saturated heterocycles. The maximum absolute atomic E-state index is 3.74. The first-order valence-electron chi connectivity index (χ1n) is 10.1. The second-order valence-electron chi connectivity index (χ2n) is 8.34. The van der Waals surface area contributed by atoms with E-state index in [-0.39, 0.29) is 0 Å². The first-order chi connectivity index (χ1) is 12.8. The van der Waals surface area contributed by atoms with Crippen LogP contribution in [0.2, 0.25) is 0 Å². The van der Waals surface area contributed by atoms with E-state index in [2.05, 4.69) is 57.0 Å². The molecule has 0 radical (unpaired) electrons. The van der Waals surface area contributed by atoms with Crippen LogP contribution in [0.4, 0.5) is 5.69 Å². The van der Waals surface area contributed by atoms with Crippen LogP contribution in [0.25, 0.3) is 0 Å². The monoisotopic (exact) mass is 370 g/mol. The van der Waals surface area contributed by atoms with Crippen molar-refractivity contribution in [2.75, 3.05) is 38.0 Å². The van der Waals surface area contributed by atoms with Crippen LogP contribution < -0.4 is 10.6 Å². The SMILES string of the molecule is CC1=CSC2NCCC(N3CCC4(CC3)CNc3ccccc34)CCN12. The van der Waals surface area contributed by atoms with Crippen LogP contribution in [0, 0.1) is 0 Å². The van der Waals surface area contributed by atoms with Crippen LogP contribution in [0.3, 0.4) is 0 Å². The molecule has 4 aliphatic rings. The van der Waals surface area contributed by atoms with Gasteiger partial charge in [0.15, 0.2) is 0 Å². The zero-order valence-electron chi connectivity index (χ0n) is 15.7. The van der Waals surface area contributed by atoms with E-state index >= 15 is 0 Å². The van der Waals surface area contributed by atoms with Gasteiger partial charge >= 0.3 is 0 Å². The number of hydrogen-bond donors (Lipinski definition) is 2. The largest absolute Gasteiger partial charge is 0.384 e. The molecule has 0 aliphatic carbocycles. The molecule has 0 aromatic heterocycles. The van der Waals surface area contributed by atoms with Crippen LogP contribution in [-0.2, 0) is 5.41 Å². The van der Waals surface area contributed by atoms with Crippen molar-refractivity contribution in [1.82, 2.24) is 15.1 Å². The van der Waals surface area contributed by atoms with E-state index in [1.165, 1.54) is 56.7 Å². The van der Waals surface area contributed by atoms with Crippen molar-refractivity contribution in [2.45, 2.75) is 49.6 Å². The maximum Gasteiger partial charge on any atom is 0.132 e. The second kappa shape index (κ2) is 6.77. The van der Waals surface area contributed by atoms with Gasteiger partial charge in [-0.15, -0.1) is 0 Å². The minimum atomic E-state index is 0.378. The zero-order chi connectivity index (χ0) is 17.6. The molecule has 2 atom stereocenters. The summed E-state index contributed by atoms with van der Waals surface area (Å²) in [4.78, 5) is 5.34. The van der Waals surface area contributed by atoms with Gasteiger partial charge in [-0.3, -0.25) is 5.32 Å². The lowest BCUT2D eigenvalue weighted by Crippen LogP contribution is -2.51. The molecule has 0 amide bonds. The molecule has 4 heterocycles. The topological polar surface area (TPSA) is 30.5 Å². The lowest BCUT2D eigenvalue weighted by atomic mass is 9.74. The first-order valence-corrected chi connectivity index (χ1v) is 11.1. The Hall–Kier alpha value is -1.17. The Kier molecular flexibility index (Phi) is 4.42. The third-order valence-corrected chi connectivity index (χ3v) is 8.15. The zero-order valence-corrected chi connectivity index (χ0v) is 16.5. The molecule has 0 saturated carbocycles. The summed E-state index contributed by atoms with van der Waals surface area (Å²) in [6.07, 6.45) is 5.17. The molecule has 1 spiro atoms. The van der Waals surface area contributed by atoms with Crippen LogP contribution >= 0.6 is 11.8 Å². The van der Waals surface area contributed by atoms with Crippen molar-refractivity contribution in [1.29, 1.82) is 0 Å². The van der Waals surface area contributed by atoms with E-state index in [4.69, 9.17) is 0 Å². The second-order valence-corrected chi connectivity index (χ2v) is 9.30. The van der Waals surface area contributed by atoms with Crippen molar-refractivity contribution >= 4 is 17.4 Å². The quantitative estimate of drug-likeness (QED) is 0.791. The minimum absolute atomic E-state index is 0.378. The van der Waals surface area contributed by atoms with Gasteiger partial charge in [-0.25, -0.2) is 0 Å². The van der Waals surface area contributed by atoms with E-state index in [0.29, 0.717) is 10.9 Å². The van der Waals surface area contributed by atoms with Crippen LogP contribution in [-0.4, -0.2) is 54.1 Å². The highest BCUT2D eigenvalue weighted by Crippen LogP contribution is 2.44. The number of likely N-dealkylation sites (tertiary alicyclic amines) is 1. The number of nitrogens with zero attached hydrogens (tertiary/aromatic N) is 2. The number of hydrogen-bond acceptors (Lipinski definition) is 5. The third-order valence-electron chi connectivity index (χ3n) is 6.99. The number of para-hydroxylation sites is 1. The Morgan fingerprint density at radius 3 is 2.85 bits per heavy atom. The smallest absolute Gasteiger partial charge is 0.132 e. The molecule has 5 heteroatoms. The van der Waals surface area contributed by atoms with Gasteiger partial charge in [0.2, 0.25) is 0 Å². The lowest BCUT2D eigenvalue weighted by Gasteiger charge is -2.44. The van der Waals surface area contributed by atoms with E-state index in [0.717, 1.165) is 19.1 Å². The molecule has 4 nitrogen and oxygen atoms in total. The summed E-state index contributed by atoms with van der Waals surface area (Å²) >= 11 is 1.93. The molecule has 26 heavy (non-hydrogen) atoms. The summed E-state index contributed by atoms with van der Waals surface area (Å²) in [7, 11) is 0. The fourth-order valence-corrected chi connectivity index (χ4v) is 6.43. The highest BCUT2D eigenvalue weighted by Gasteiger charge is 2.42. The molecule has 1 aromatic carbocycles. The van der Waals surface area contributed by atoms with Gasteiger partial charge in [-0.1, -0.05) is 30.0 Å². The number of rotatable bonds is 1. The number of benzene rings is 1. The highest BCUT2D eigenvalue weighted by molar-refractivity contribution is 8.02. The molecule has 2 unspecified atom stereocenters. The predicted octanol–water partition coefficient (Wildman–Crippen LogP) is 3.39. The summed E-state index contributed by atoms with van der Waals surface area (Å²) < 4.78 is 0. The molecule has 140 valence electrons. The lowest BCUT2D eigenvalue weighted by molar-refractivity contribution is 0.0948. The Bertz CT molecular complexity index is 695. The Labute approximate surface area is 161 Å². The Balaban J connectivity index is 1.24. The van der Waals surface area contributed by atoms with Gasteiger partial charge in [0, 0.05) is 35.9 Å². The van der Waals surface area contributed by atoms with E-state index in [1.54, 1.807) is 5.56 Å². The molecule has 4 aliphatic heterocycles. The van der Waals surface area contributed by atoms with Gasteiger partial charge in [-0.2, -0.15) is 0 Å². The fraction of sp³-hybridized carbons (Fsp3) is 0.619. The van der Waals surface area contributed by atoms with Crippen LogP contribution in [0.1, 0.15) is 38.2 Å². The van der Waals surface area contributed by atoms with Crippen molar-refractivity contribution in [3.8, 4) is 0 Å². The highest BCUT2D eigenvalue weighted by atomic mass is 32.2. The number of allylic oxidation sites excluding steroid dienone is 1. The van der Waals surface area contributed by atoms with Gasteiger partial charge in [-0.05, 0) is 69.3 Å². The molecule has 2 fully saturated rings. The summed E-state index contributed by atoms with van der Waals surface area (Å²) in [6, 6.07) is 9.69. The summed E-state index contributed by atoms with van der Waals surface area (Å²) in [5.74, 6) is 0. The average Bonchev–Trinajstić information content (AvgIpc) is 3.18. The summed E-state index contributed by atoms with van der Waals surface area (Å²) in [5, 5.41) is 9.72. The number of nitrogens with one attached hydrogen (secondary N) is 2. The number of piperidine rings is 1. The third kappa shape index (κ3) is 2.85. The maximum atomic E-state index is 3.74. The molecule has 5 rings (SSSR count). The average molecular weight is 371 g/mol. The van der Waals surface area contributed by atoms with E-state index in [1.807, 2.05) is 11.8 Å². The van der Waals surface area contributed by atoms with Crippen molar-refractivity contribution in [2.24, 2.45) is 0 Å². The molecular weight excluding hydrogens is 340 g/mol. The first kappa shape index (κ1) is 17.0. The van der Waals surface area contributed by atoms with Crippen LogP contribution in [0.15, 0.2) is 35.4 Å². The Morgan fingerprint density at radius 1 is 1.12 bits per heavy atom.